The Morgan fingerprint density at radius 1 is 0.741 bits per heavy atom. The van der Waals surface area contributed by atoms with Gasteiger partial charge in [-0.2, -0.15) is 0 Å². The van der Waals surface area contributed by atoms with Gasteiger partial charge in [0.1, 0.15) is 18.1 Å². The van der Waals surface area contributed by atoms with Crippen LogP contribution in [0.1, 0.15) is 81.6 Å². The Hall–Kier alpha value is -5.41. The Labute approximate surface area is 338 Å². The third-order valence-corrected chi connectivity index (χ3v) is 8.99. The van der Waals surface area contributed by atoms with Crippen molar-refractivity contribution in [3.63, 3.8) is 0 Å². The molecule has 318 valence electrons. The molecular weight excluding hydrogens is 753 g/mol. The molecule has 0 aliphatic rings. The van der Waals surface area contributed by atoms with E-state index in [0.717, 1.165) is 30.4 Å². The highest BCUT2D eigenvalue weighted by molar-refractivity contribution is 6.43. The molecule has 58 heavy (non-hydrogen) atoms. The molecule has 6 atom stereocenters. The molecule has 0 unspecified atom stereocenters. The molecule has 20 heteroatoms. The van der Waals surface area contributed by atoms with Crippen molar-refractivity contribution in [2.45, 2.75) is 108 Å². The number of unbranched alkanes of at least 4 members (excludes halogenated alkanes) is 2. The fraction of sp³-hybridized carbons (Fsp3) is 0.500. The number of aryl methyl sites for hydroxylation is 1. The lowest BCUT2D eigenvalue weighted by Crippen LogP contribution is -2.63. The maximum Gasteiger partial charge on any atom is 0.475 e. The van der Waals surface area contributed by atoms with Crippen LogP contribution in [0.25, 0.3) is 11.1 Å². The van der Waals surface area contributed by atoms with Crippen LogP contribution in [-0.4, -0.2) is 113 Å². The van der Waals surface area contributed by atoms with Gasteiger partial charge in [0.05, 0.1) is 18.5 Å². The van der Waals surface area contributed by atoms with Crippen molar-refractivity contribution in [2.24, 2.45) is 17.2 Å². The molecule has 2 rings (SSSR count). The highest BCUT2D eigenvalue weighted by atomic mass is 16.4. The Morgan fingerprint density at radius 2 is 1.34 bits per heavy atom. The van der Waals surface area contributed by atoms with Gasteiger partial charge < -0.3 is 64.3 Å². The lowest BCUT2D eigenvalue weighted by molar-refractivity contribution is -0.136. The van der Waals surface area contributed by atoms with Crippen molar-refractivity contribution < 1.29 is 48.7 Å². The first kappa shape index (κ1) is 48.7. The van der Waals surface area contributed by atoms with E-state index in [9.17, 15) is 48.7 Å². The van der Waals surface area contributed by atoms with Gasteiger partial charge in [-0.25, -0.2) is 0 Å². The summed E-state index contributed by atoms with van der Waals surface area (Å²) >= 11 is 0. The molecule has 0 bridgehead atoms. The van der Waals surface area contributed by atoms with E-state index in [0.29, 0.717) is 24.9 Å². The van der Waals surface area contributed by atoms with Gasteiger partial charge in [-0.15, -0.1) is 0 Å². The molecular formula is C38H58BN9O10. The Bertz CT molecular complexity index is 1680. The highest BCUT2D eigenvalue weighted by Gasteiger charge is 2.33. The molecule has 0 fully saturated rings. The predicted molar refractivity (Wildman–Crippen MR) is 216 cm³/mol. The van der Waals surface area contributed by atoms with Gasteiger partial charge in [-0.3, -0.25) is 33.6 Å². The second-order valence-electron chi connectivity index (χ2n) is 13.9. The van der Waals surface area contributed by atoms with Crippen LogP contribution in [0.5, 0.6) is 0 Å². The summed E-state index contributed by atoms with van der Waals surface area (Å²) in [5.74, 6) is -7.29. The number of hydrogen-bond donors (Lipinski definition) is 12. The fourth-order valence-corrected chi connectivity index (χ4v) is 5.52. The normalized spacial score (nSPS) is 14.0. The van der Waals surface area contributed by atoms with Gasteiger partial charge in [-0.05, 0) is 81.3 Å². The summed E-state index contributed by atoms with van der Waals surface area (Å²) in [6, 6.07) is 10.9. The van der Waals surface area contributed by atoms with Crippen LogP contribution in [0.3, 0.4) is 0 Å². The van der Waals surface area contributed by atoms with Gasteiger partial charge >= 0.3 is 7.12 Å². The van der Waals surface area contributed by atoms with Crippen molar-refractivity contribution in [1.82, 2.24) is 31.9 Å². The number of amides is 7. The predicted octanol–water partition coefficient (Wildman–Crippen LogP) is -2.43. The average molecular weight is 812 g/mol. The number of hydrogen-bond acceptors (Lipinski definition) is 12. The van der Waals surface area contributed by atoms with Crippen LogP contribution in [0.15, 0.2) is 48.5 Å². The monoisotopic (exact) mass is 811 g/mol. The summed E-state index contributed by atoms with van der Waals surface area (Å²) < 4.78 is 0. The number of rotatable bonds is 25. The number of benzene rings is 2. The Kier molecular flexibility index (Phi) is 21.1. The van der Waals surface area contributed by atoms with E-state index in [1.807, 2.05) is 24.3 Å². The van der Waals surface area contributed by atoms with Crippen molar-refractivity contribution in [3.05, 3.63) is 59.7 Å². The number of aliphatic hydroxyl groups excluding tert-OH is 1. The molecule has 0 saturated carbocycles. The summed E-state index contributed by atoms with van der Waals surface area (Å²) in [5, 5.41) is 42.9. The maximum absolute atomic E-state index is 13.4. The van der Waals surface area contributed by atoms with E-state index in [2.05, 4.69) is 51.0 Å². The third kappa shape index (κ3) is 17.0. The summed E-state index contributed by atoms with van der Waals surface area (Å²) in [5.41, 5.74) is 20.2. The number of nitrogens with two attached hydrogens (primary N) is 3. The van der Waals surface area contributed by atoms with E-state index < -0.39 is 91.2 Å². The number of carbonyl (C=O) groups excluding carboxylic acids is 7. The smallest absolute Gasteiger partial charge is 0.426 e. The van der Waals surface area contributed by atoms with Gasteiger partial charge in [0.2, 0.25) is 29.5 Å². The standard InChI is InChI=1S/C38H58BN9O10/c1-4-5-8-24-10-12-25(13-11-24)26-14-16-27(17-15-26)34(52)43-20-18-31(51)45-28(9-6-7-19-40)35(53)47-32(22(2)49)37(55)48-33(42)38(56)46-29(21-30(41)50)36(54)44-23(3)39(57)58/h10-17,22-23,28-29,32-33,49,57-58H,4-9,18-21,40,42H2,1-3H3,(H2,41,50)(H,43,52)(H,44,54)(H,45,51)(H,46,56)(H,47,53)(H,48,55)/t22-,23+,28+,29+,32+,33-/m1/s1. The molecule has 15 N–H and O–H groups in total. The topological polar surface area (TPSA) is 330 Å². The van der Waals surface area contributed by atoms with Gasteiger partial charge in [0, 0.05) is 18.5 Å². The lowest BCUT2D eigenvalue weighted by atomic mass is 9.81. The van der Waals surface area contributed by atoms with Crippen LogP contribution in [-0.2, 0) is 35.2 Å². The minimum absolute atomic E-state index is 0.0498. The zero-order valence-electron chi connectivity index (χ0n) is 33.2. The van der Waals surface area contributed by atoms with Crippen LogP contribution < -0.4 is 49.1 Å². The molecule has 19 nitrogen and oxygen atoms in total. The highest BCUT2D eigenvalue weighted by Crippen LogP contribution is 2.21. The van der Waals surface area contributed by atoms with Gasteiger partial charge in [0.25, 0.3) is 11.8 Å². The van der Waals surface area contributed by atoms with Crippen molar-refractivity contribution in [3.8, 4) is 11.1 Å². The molecule has 0 radical (unpaired) electrons. The number of aliphatic hydroxyl groups is 1. The van der Waals surface area contributed by atoms with Crippen molar-refractivity contribution in [1.29, 1.82) is 0 Å². The van der Waals surface area contributed by atoms with E-state index in [4.69, 9.17) is 17.2 Å². The summed E-state index contributed by atoms with van der Waals surface area (Å²) in [7, 11) is -1.96. The largest absolute Gasteiger partial charge is 0.475 e. The quantitative estimate of drug-likeness (QED) is 0.0283. The molecule has 0 aromatic heterocycles. The van der Waals surface area contributed by atoms with Crippen LogP contribution in [0.4, 0.5) is 0 Å². The molecule has 0 heterocycles. The SMILES string of the molecule is CCCCc1ccc(-c2ccc(C(=O)NCCC(=O)N[C@@H](CCCCN)C(=O)N[C@H](C(=O)N[C@@H](N)C(=O)N[C@@H](CC(N)=O)C(=O)N[C@@H](C)B(O)O)[C@@H](C)O)cc2)cc1. The molecule has 0 aliphatic heterocycles. The number of carbonyl (C=O) groups is 7. The molecule has 7 amide bonds. The Balaban J connectivity index is 1.99. The molecule has 0 aliphatic carbocycles. The second kappa shape index (κ2) is 25.1. The fourth-order valence-electron chi connectivity index (χ4n) is 5.52. The molecule has 2 aromatic rings. The lowest BCUT2D eigenvalue weighted by Gasteiger charge is -2.26. The average Bonchev–Trinajstić information content (AvgIpc) is 3.18. The van der Waals surface area contributed by atoms with E-state index in [1.165, 1.54) is 19.4 Å². The molecule has 0 spiro atoms. The van der Waals surface area contributed by atoms with Gasteiger partial charge in [0.15, 0.2) is 6.17 Å². The maximum atomic E-state index is 13.4. The number of primary amides is 1. The third-order valence-electron chi connectivity index (χ3n) is 8.99. The summed E-state index contributed by atoms with van der Waals surface area (Å²) in [6.45, 7) is 4.84. The zero-order chi connectivity index (χ0) is 43.4. The zero-order valence-corrected chi connectivity index (χ0v) is 33.2. The van der Waals surface area contributed by atoms with Crippen LogP contribution >= 0.6 is 0 Å². The summed E-state index contributed by atoms with van der Waals surface area (Å²) in [6.07, 6.45) is 0.0224. The Morgan fingerprint density at radius 3 is 1.90 bits per heavy atom. The van der Waals surface area contributed by atoms with E-state index in [-0.39, 0.29) is 19.4 Å². The van der Waals surface area contributed by atoms with E-state index >= 15 is 0 Å². The number of nitrogens with one attached hydrogen (secondary N) is 6. The second-order valence-corrected chi connectivity index (χ2v) is 13.9. The van der Waals surface area contributed by atoms with Crippen molar-refractivity contribution in [2.75, 3.05) is 13.1 Å². The molecule has 2 aromatic carbocycles. The first-order valence-electron chi connectivity index (χ1n) is 19.2. The van der Waals surface area contributed by atoms with Crippen LogP contribution in [0, 0.1) is 0 Å². The van der Waals surface area contributed by atoms with Crippen LogP contribution in [0.2, 0.25) is 0 Å². The van der Waals surface area contributed by atoms with Gasteiger partial charge in [-0.1, -0.05) is 49.7 Å². The first-order valence-corrected chi connectivity index (χ1v) is 19.2. The minimum atomic E-state index is -1.96. The summed E-state index contributed by atoms with van der Waals surface area (Å²) in [4.78, 5) is 89.0. The molecule has 0 saturated heterocycles. The van der Waals surface area contributed by atoms with Crippen molar-refractivity contribution >= 4 is 48.5 Å². The van der Waals surface area contributed by atoms with E-state index in [1.54, 1.807) is 12.1 Å². The first-order chi connectivity index (χ1) is 27.5. The minimum Gasteiger partial charge on any atom is -0.426 e.